The van der Waals surface area contributed by atoms with Crippen molar-refractivity contribution in [1.29, 1.82) is 0 Å². The second-order valence-corrected chi connectivity index (χ2v) is 18.4. The Hall–Kier alpha value is -4.68. The monoisotopic (exact) mass is 696 g/mol. The molecular weight excluding hydrogens is 637 g/mol. The highest BCUT2D eigenvalue weighted by Crippen LogP contribution is 2.51. The van der Waals surface area contributed by atoms with Crippen LogP contribution in [0.5, 0.6) is 0 Å². The summed E-state index contributed by atoms with van der Waals surface area (Å²) in [6.07, 6.45) is 0. The van der Waals surface area contributed by atoms with Gasteiger partial charge in [-0.15, -0.1) is 0 Å². The van der Waals surface area contributed by atoms with Gasteiger partial charge in [-0.25, -0.2) is 0 Å². The van der Waals surface area contributed by atoms with E-state index in [0.29, 0.717) is 0 Å². The molecule has 0 N–H and O–H groups in total. The second-order valence-electron chi connectivity index (χ2n) is 18.4. The van der Waals surface area contributed by atoms with Crippen molar-refractivity contribution >= 4 is 0 Å². The van der Waals surface area contributed by atoms with Gasteiger partial charge in [0.25, 0.3) is 0 Å². The van der Waals surface area contributed by atoms with Crippen LogP contribution in [0.4, 0.5) is 0 Å². The first-order valence-electron chi connectivity index (χ1n) is 19.5. The van der Waals surface area contributed by atoms with E-state index in [2.05, 4.69) is 234 Å². The van der Waals surface area contributed by atoms with E-state index in [-0.39, 0.29) is 33.0 Å². The molecule has 0 aliphatic heterocycles. The van der Waals surface area contributed by atoms with Crippen molar-refractivity contribution in [3.63, 3.8) is 0 Å². The Morgan fingerprint density at radius 1 is 0.283 bits per heavy atom. The van der Waals surface area contributed by atoms with E-state index in [4.69, 9.17) is 0 Å². The molecule has 6 aromatic carbocycles. The zero-order chi connectivity index (χ0) is 38.2. The highest BCUT2D eigenvalue weighted by Gasteiger charge is 2.40. The van der Waals surface area contributed by atoms with Gasteiger partial charge in [0, 0.05) is 27.6 Å². The lowest BCUT2D eigenvalue weighted by molar-refractivity contribution is 0.351. The molecule has 0 atom stereocenters. The van der Waals surface area contributed by atoms with Crippen molar-refractivity contribution in [2.45, 2.75) is 104 Å². The Bertz CT molecular complexity index is 1970. The minimum absolute atomic E-state index is 0.0873. The molecule has 0 aliphatic carbocycles. The van der Waals surface area contributed by atoms with Gasteiger partial charge in [0.15, 0.2) is 0 Å². The standard InChI is InChI=1S/C53H60/c1-49(2,3)48(44-34-32-42(50(4,5)38-24-16-12-17-25-38)36-46(44)52(8,9)40-28-20-14-21-29-40)45-35-33-43(51(6,7)39-26-18-13-19-27-39)37-47(45)53(10,11)41-30-22-15-23-31-41/h12-37,48H,1-11H3. The first-order valence-corrected chi connectivity index (χ1v) is 19.5. The van der Waals surface area contributed by atoms with Gasteiger partial charge in [0.1, 0.15) is 0 Å². The minimum atomic E-state index is -0.243. The van der Waals surface area contributed by atoms with Crippen molar-refractivity contribution < 1.29 is 0 Å². The summed E-state index contributed by atoms with van der Waals surface area (Å²) >= 11 is 0. The van der Waals surface area contributed by atoms with Crippen LogP contribution in [0.1, 0.15) is 138 Å². The topological polar surface area (TPSA) is 0 Å². The van der Waals surface area contributed by atoms with Crippen LogP contribution in [0.15, 0.2) is 158 Å². The molecule has 0 saturated carbocycles. The van der Waals surface area contributed by atoms with Crippen LogP contribution < -0.4 is 0 Å². The largest absolute Gasteiger partial charge is 0.0622 e. The van der Waals surface area contributed by atoms with E-state index in [1.807, 2.05) is 0 Å². The smallest absolute Gasteiger partial charge is 0.0149 e. The molecule has 0 radical (unpaired) electrons. The van der Waals surface area contributed by atoms with Gasteiger partial charge in [0.2, 0.25) is 0 Å². The summed E-state index contributed by atoms with van der Waals surface area (Å²) in [6, 6.07) is 59.0. The van der Waals surface area contributed by atoms with Gasteiger partial charge >= 0.3 is 0 Å². The number of rotatable bonds is 10. The van der Waals surface area contributed by atoms with Crippen LogP contribution in [0, 0.1) is 5.41 Å². The molecule has 53 heavy (non-hydrogen) atoms. The van der Waals surface area contributed by atoms with Crippen LogP contribution in [-0.2, 0) is 21.7 Å². The van der Waals surface area contributed by atoms with E-state index in [1.54, 1.807) is 0 Å². The van der Waals surface area contributed by atoms with Gasteiger partial charge < -0.3 is 0 Å². The molecular formula is C53H60. The fourth-order valence-corrected chi connectivity index (χ4v) is 8.64. The Kier molecular flexibility index (Phi) is 10.3. The van der Waals surface area contributed by atoms with Gasteiger partial charge in [-0.1, -0.05) is 234 Å². The molecule has 0 spiro atoms. The zero-order valence-electron chi connectivity index (χ0n) is 34.1. The van der Waals surface area contributed by atoms with Crippen LogP contribution in [0.2, 0.25) is 0 Å². The van der Waals surface area contributed by atoms with Crippen LogP contribution in [0.3, 0.4) is 0 Å². The van der Waals surface area contributed by atoms with Gasteiger partial charge in [-0.05, 0) is 61.0 Å². The maximum Gasteiger partial charge on any atom is 0.0149 e. The van der Waals surface area contributed by atoms with Crippen LogP contribution in [0.25, 0.3) is 0 Å². The number of hydrogen-bond acceptors (Lipinski definition) is 0. The Morgan fingerprint density at radius 2 is 0.547 bits per heavy atom. The molecule has 6 aromatic rings. The average Bonchev–Trinajstić information content (AvgIpc) is 3.16. The third kappa shape index (κ3) is 7.31. The lowest BCUT2D eigenvalue weighted by Gasteiger charge is -2.41. The van der Waals surface area contributed by atoms with Crippen molar-refractivity contribution in [2.24, 2.45) is 5.41 Å². The summed E-state index contributed by atoms with van der Waals surface area (Å²) in [4.78, 5) is 0. The minimum Gasteiger partial charge on any atom is -0.0622 e. The SMILES string of the molecule is CC(C)(c1ccccc1)c1ccc(C(c2ccc(C(C)(C)c3ccccc3)cc2C(C)(C)c2ccccc2)C(C)(C)C)c(C(C)(C)c2ccccc2)c1. The molecule has 272 valence electrons. The van der Waals surface area contributed by atoms with E-state index in [0.717, 1.165) is 0 Å². The van der Waals surface area contributed by atoms with Crippen molar-refractivity contribution in [3.8, 4) is 0 Å². The highest BCUT2D eigenvalue weighted by molar-refractivity contribution is 5.56. The predicted octanol–water partition coefficient (Wildman–Crippen LogP) is 14.2. The third-order valence-corrected chi connectivity index (χ3v) is 12.4. The summed E-state index contributed by atoms with van der Waals surface area (Å²) in [5.41, 5.74) is 12.7. The number of hydrogen-bond donors (Lipinski definition) is 0. The Balaban J connectivity index is 1.65. The maximum atomic E-state index is 2.54. The molecule has 0 aliphatic rings. The van der Waals surface area contributed by atoms with Gasteiger partial charge in [-0.2, -0.15) is 0 Å². The molecule has 0 heteroatoms. The lowest BCUT2D eigenvalue weighted by Crippen LogP contribution is -2.31. The van der Waals surface area contributed by atoms with E-state index in [9.17, 15) is 0 Å². The number of benzene rings is 6. The quantitative estimate of drug-likeness (QED) is 0.134. The molecule has 0 bridgehead atoms. The Labute approximate surface area is 321 Å². The predicted molar refractivity (Wildman–Crippen MR) is 228 cm³/mol. The first kappa shape index (κ1) is 38.1. The summed E-state index contributed by atoms with van der Waals surface area (Å²) in [6.45, 7) is 26.4. The maximum absolute atomic E-state index is 2.54. The van der Waals surface area contributed by atoms with E-state index in [1.165, 1.54) is 55.6 Å². The average molecular weight is 697 g/mol. The second kappa shape index (κ2) is 14.3. The zero-order valence-corrected chi connectivity index (χ0v) is 34.1. The van der Waals surface area contributed by atoms with E-state index < -0.39 is 0 Å². The molecule has 0 amide bonds. The first-order chi connectivity index (χ1) is 25.0. The van der Waals surface area contributed by atoms with Gasteiger partial charge in [-0.3, -0.25) is 0 Å². The lowest BCUT2D eigenvalue weighted by atomic mass is 9.62. The van der Waals surface area contributed by atoms with E-state index >= 15 is 0 Å². The summed E-state index contributed by atoms with van der Waals surface area (Å²) in [5, 5.41) is 0. The molecule has 0 unspecified atom stereocenters. The Morgan fingerprint density at radius 3 is 0.811 bits per heavy atom. The van der Waals surface area contributed by atoms with Crippen molar-refractivity contribution in [1.82, 2.24) is 0 Å². The van der Waals surface area contributed by atoms with Gasteiger partial charge in [0.05, 0.1) is 0 Å². The summed E-state index contributed by atoms with van der Waals surface area (Å²) in [5.74, 6) is 0.126. The van der Waals surface area contributed by atoms with Crippen LogP contribution >= 0.6 is 0 Å². The van der Waals surface area contributed by atoms with Crippen LogP contribution in [-0.4, -0.2) is 0 Å². The van der Waals surface area contributed by atoms with Crippen molar-refractivity contribution in [3.05, 3.63) is 213 Å². The fourth-order valence-electron chi connectivity index (χ4n) is 8.64. The molecule has 0 nitrogen and oxygen atoms in total. The molecule has 0 heterocycles. The molecule has 0 aromatic heterocycles. The molecule has 6 rings (SSSR count). The summed E-state index contributed by atoms with van der Waals surface area (Å²) in [7, 11) is 0. The highest BCUT2D eigenvalue weighted by atomic mass is 14.4. The molecule has 0 saturated heterocycles. The summed E-state index contributed by atoms with van der Waals surface area (Å²) < 4.78 is 0. The normalized spacial score (nSPS) is 13.0. The van der Waals surface area contributed by atoms with Crippen molar-refractivity contribution in [2.75, 3.05) is 0 Å². The molecule has 0 fully saturated rings. The fraction of sp³-hybridized carbons (Fsp3) is 0.321. The third-order valence-electron chi connectivity index (χ3n) is 12.4.